The molecule has 1 heterocycles. The summed E-state index contributed by atoms with van der Waals surface area (Å²) >= 11 is 5.78. The van der Waals surface area contributed by atoms with Crippen LogP contribution in [0.15, 0.2) is 6.20 Å². The summed E-state index contributed by atoms with van der Waals surface area (Å²) in [6.07, 6.45) is 3.36. The number of hydrogen-bond donors (Lipinski definition) is 0. The van der Waals surface area contributed by atoms with Gasteiger partial charge in [0.1, 0.15) is 0 Å². The third kappa shape index (κ3) is 1.24. The van der Waals surface area contributed by atoms with Crippen LogP contribution in [-0.4, -0.2) is 15.7 Å². The molecule has 1 saturated carbocycles. The number of aryl methyl sites for hydroxylation is 2. The molecule has 1 fully saturated rings. The molecular formula is C9H13ClN2. The Bertz CT molecular complexity index is 293. The van der Waals surface area contributed by atoms with Crippen LogP contribution < -0.4 is 0 Å². The first kappa shape index (κ1) is 8.11. The molecule has 1 aromatic heterocycles. The third-order valence-electron chi connectivity index (χ3n) is 2.57. The van der Waals surface area contributed by atoms with Gasteiger partial charge in [0.2, 0.25) is 0 Å². The molecule has 0 spiro atoms. The minimum absolute atomic E-state index is 0.691. The Hall–Kier alpha value is -0.500. The van der Waals surface area contributed by atoms with Gasteiger partial charge in [-0.1, -0.05) is 0 Å². The molecule has 1 aromatic rings. The summed E-state index contributed by atoms with van der Waals surface area (Å²) in [7, 11) is 1.97. The van der Waals surface area contributed by atoms with Crippen LogP contribution in [0.2, 0.25) is 0 Å². The fourth-order valence-corrected chi connectivity index (χ4v) is 2.12. The minimum atomic E-state index is 0.691. The van der Waals surface area contributed by atoms with E-state index in [-0.39, 0.29) is 0 Å². The van der Waals surface area contributed by atoms with E-state index in [2.05, 4.69) is 18.2 Å². The van der Waals surface area contributed by atoms with Crippen molar-refractivity contribution in [1.82, 2.24) is 9.78 Å². The Labute approximate surface area is 77.5 Å². The summed E-state index contributed by atoms with van der Waals surface area (Å²) < 4.78 is 1.88. The van der Waals surface area contributed by atoms with Crippen molar-refractivity contribution in [2.24, 2.45) is 13.0 Å². The van der Waals surface area contributed by atoms with Crippen molar-refractivity contribution < 1.29 is 0 Å². The maximum atomic E-state index is 5.78. The lowest BCUT2D eigenvalue weighted by Crippen LogP contribution is -1.86. The molecule has 1 aliphatic carbocycles. The first-order valence-corrected chi connectivity index (χ1v) is 4.82. The first-order valence-electron chi connectivity index (χ1n) is 4.28. The van der Waals surface area contributed by atoms with Crippen molar-refractivity contribution in [3.05, 3.63) is 17.5 Å². The Balaban J connectivity index is 2.19. The van der Waals surface area contributed by atoms with Gasteiger partial charge in [0.05, 0.1) is 5.69 Å². The zero-order chi connectivity index (χ0) is 8.72. The van der Waals surface area contributed by atoms with E-state index in [0.29, 0.717) is 11.8 Å². The quantitative estimate of drug-likeness (QED) is 0.644. The normalized spacial score (nSPS) is 27.6. The second-order valence-electron chi connectivity index (χ2n) is 3.60. The topological polar surface area (TPSA) is 17.8 Å². The highest BCUT2D eigenvalue weighted by Gasteiger charge is 2.39. The Morgan fingerprint density at radius 3 is 2.92 bits per heavy atom. The fourth-order valence-electron chi connectivity index (χ4n) is 1.78. The molecule has 2 nitrogen and oxygen atoms in total. The molecule has 3 heteroatoms. The lowest BCUT2D eigenvalue weighted by Gasteiger charge is -1.92. The van der Waals surface area contributed by atoms with E-state index in [9.17, 15) is 0 Å². The van der Waals surface area contributed by atoms with E-state index < -0.39 is 0 Å². The summed E-state index contributed by atoms with van der Waals surface area (Å²) in [5.41, 5.74) is 2.55. The average molecular weight is 185 g/mol. The highest BCUT2D eigenvalue weighted by atomic mass is 35.5. The predicted octanol–water partition coefficient (Wildman–Crippen LogP) is 2.07. The van der Waals surface area contributed by atoms with Crippen LogP contribution in [0.4, 0.5) is 0 Å². The zero-order valence-corrected chi connectivity index (χ0v) is 8.17. The Kier molecular flexibility index (Phi) is 1.87. The lowest BCUT2D eigenvalue weighted by atomic mass is 10.1. The SMILES string of the molecule is Cc1nn(C)cc1C1CC1CCl. The lowest BCUT2D eigenvalue weighted by molar-refractivity contribution is 0.756. The minimum Gasteiger partial charge on any atom is -0.275 e. The maximum Gasteiger partial charge on any atom is 0.0628 e. The predicted molar refractivity (Wildman–Crippen MR) is 49.5 cm³/mol. The van der Waals surface area contributed by atoms with Gasteiger partial charge in [-0.2, -0.15) is 5.10 Å². The van der Waals surface area contributed by atoms with Gasteiger partial charge in [-0.05, 0) is 30.7 Å². The van der Waals surface area contributed by atoms with Crippen molar-refractivity contribution in [3.63, 3.8) is 0 Å². The van der Waals surface area contributed by atoms with E-state index in [1.807, 2.05) is 11.7 Å². The van der Waals surface area contributed by atoms with Gasteiger partial charge in [-0.15, -0.1) is 11.6 Å². The summed E-state index contributed by atoms with van der Waals surface area (Å²) in [5, 5.41) is 4.31. The van der Waals surface area contributed by atoms with Gasteiger partial charge in [0, 0.05) is 19.1 Å². The van der Waals surface area contributed by atoms with Crippen molar-refractivity contribution >= 4 is 11.6 Å². The number of alkyl halides is 1. The van der Waals surface area contributed by atoms with Crippen molar-refractivity contribution in [3.8, 4) is 0 Å². The molecule has 1 aliphatic rings. The summed E-state index contributed by atoms with van der Waals surface area (Å²) in [4.78, 5) is 0. The summed E-state index contributed by atoms with van der Waals surface area (Å²) in [6, 6.07) is 0. The van der Waals surface area contributed by atoms with Gasteiger partial charge in [0.25, 0.3) is 0 Å². The molecule has 0 bridgehead atoms. The second kappa shape index (κ2) is 2.77. The van der Waals surface area contributed by atoms with E-state index in [1.165, 1.54) is 12.0 Å². The van der Waals surface area contributed by atoms with E-state index in [4.69, 9.17) is 11.6 Å². The number of hydrogen-bond acceptors (Lipinski definition) is 1. The van der Waals surface area contributed by atoms with E-state index >= 15 is 0 Å². The Morgan fingerprint density at radius 1 is 1.75 bits per heavy atom. The molecule has 2 unspecified atom stereocenters. The molecule has 0 aliphatic heterocycles. The molecule has 12 heavy (non-hydrogen) atoms. The standard InChI is InChI=1S/C9H13ClN2/c1-6-9(5-12(2)11-6)8-3-7(8)4-10/h5,7-8H,3-4H2,1-2H3. The van der Waals surface area contributed by atoms with Crippen LogP contribution in [-0.2, 0) is 7.05 Å². The number of aromatic nitrogens is 2. The first-order chi connectivity index (χ1) is 5.72. The second-order valence-corrected chi connectivity index (χ2v) is 3.91. The van der Waals surface area contributed by atoms with Crippen LogP contribution in [0, 0.1) is 12.8 Å². The number of halogens is 1. The van der Waals surface area contributed by atoms with Gasteiger partial charge in [-0.3, -0.25) is 4.68 Å². The molecule has 0 saturated heterocycles. The van der Waals surface area contributed by atoms with Crippen LogP contribution in [0.3, 0.4) is 0 Å². The van der Waals surface area contributed by atoms with Crippen molar-refractivity contribution in [2.45, 2.75) is 19.3 Å². The van der Waals surface area contributed by atoms with E-state index in [1.54, 1.807) is 0 Å². The van der Waals surface area contributed by atoms with Gasteiger partial charge in [-0.25, -0.2) is 0 Å². The highest BCUT2D eigenvalue weighted by molar-refractivity contribution is 6.18. The molecule has 0 amide bonds. The van der Waals surface area contributed by atoms with Crippen LogP contribution in [0.1, 0.15) is 23.6 Å². The smallest absolute Gasteiger partial charge is 0.0628 e. The molecule has 0 N–H and O–H groups in total. The molecule has 2 rings (SSSR count). The van der Waals surface area contributed by atoms with Crippen LogP contribution >= 0.6 is 11.6 Å². The van der Waals surface area contributed by atoms with E-state index in [0.717, 1.165) is 11.6 Å². The van der Waals surface area contributed by atoms with Crippen molar-refractivity contribution in [2.75, 3.05) is 5.88 Å². The number of nitrogens with zero attached hydrogens (tertiary/aromatic N) is 2. The maximum absolute atomic E-state index is 5.78. The molecular weight excluding hydrogens is 172 g/mol. The molecule has 66 valence electrons. The molecule has 2 atom stereocenters. The zero-order valence-electron chi connectivity index (χ0n) is 7.42. The highest BCUT2D eigenvalue weighted by Crippen LogP contribution is 2.48. The Morgan fingerprint density at radius 2 is 2.50 bits per heavy atom. The average Bonchev–Trinajstić information content (AvgIpc) is 2.72. The van der Waals surface area contributed by atoms with Gasteiger partial charge in [0.15, 0.2) is 0 Å². The van der Waals surface area contributed by atoms with Crippen molar-refractivity contribution in [1.29, 1.82) is 0 Å². The fraction of sp³-hybridized carbons (Fsp3) is 0.667. The summed E-state index contributed by atoms with van der Waals surface area (Å²) in [5.74, 6) is 2.18. The van der Waals surface area contributed by atoms with Gasteiger partial charge < -0.3 is 0 Å². The van der Waals surface area contributed by atoms with Gasteiger partial charge >= 0.3 is 0 Å². The third-order valence-corrected chi connectivity index (χ3v) is 2.97. The van der Waals surface area contributed by atoms with Crippen LogP contribution in [0.5, 0.6) is 0 Å². The monoisotopic (exact) mass is 184 g/mol. The van der Waals surface area contributed by atoms with Crippen LogP contribution in [0.25, 0.3) is 0 Å². The molecule has 0 aromatic carbocycles. The number of rotatable bonds is 2. The molecule has 0 radical (unpaired) electrons. The summed E-state index contributed by atoms with van der Waals surface area (Å²) in [6.45, 7) is 2.07. The largest absolute Gasteiger partial charge is 0.275 e.